The highest BCUT2D eigenvalue weighted by Gasteiger charge is 2.68. The van der Waals surface area contributed by atoms with Gasteiger partial charge in [-0.25, -0.2) is 20.1 Å². The van der Waals surface area contributed by atoms with Gasteiger partial charge in [0.25, 0.3) is 12.5 Å². The van der Waals surface area contributed by atoms with Gasteiger partial charge in [0.1, 0.15) is 11.1 Å². The fourth-order valence-electron chi connectivity index (χ4n) is 3.70. The monoisotopic (exact) mass is 348 g/mol. The second-order valence-electron chi connectivity index (χ2n) is 7.85. The minimum atomic E-state index is -2.55. The SMILES string of the molecule is [C-]#[N+][C@H]1[C@H](c2cccc(C(F)F)c2)CN(C(=O)OC(C)(C)C)C12CC2. The van der Waals surface area contributed by atoms with E-state index in [-0.39, 0.29) is 11.5 Å². The van der Waals surface area contributed by atoms with Crippen LogP contribution in [0.4, 0.5) is 13.6 Å². The molecule has 0 N–H and O–H groups in total. The van der Waals surface area contributed by atoms with Crippen LogP contribution in [0.1, 0.15) is 57.1 Å². The van der Waals surface area contributed by atoms with Crippen molar-refractivity contribution in [1.29, 1.82) is 0 Å². The zero-order valence-corrected chi connectivity index (χ0v) is 14.6. The lowest BCUT2D eigenvalue weighted by atomic mass is 9.90. The third-order valence-corrected chi connectivity index (χ3v) is 4.95. The molecule has 4 nitrogen and oxygen atoms in total. The molecule has 2 atom stereocenters. The number of rotatable bonds is 2. The van der Waals surface area contributed by atoms with Crippen LogP contribution in [0.25, 0.3) is 4.85 Å². The van der Waals surface area contributed by atoms with E-state index in [1.54, 1.807) is 37.8 Å². The lowest BCUT2D eigenvalue weighted by Gasteiger charge is -2.27. The molecular formula is C19H22F2N2O2. The van der Waals surface area contributed by atoms with E-state index in [4.69, 9.17) is 11.3 Å². The van der Waals surface area contributed by atoms with Crippen molar-refractivity contribution in [2.24, 2.45) is 0 Å². The number of ether oxygens (including phenoxy) is 1. The summed E-state index contributed by atoms with van der Waals surface area (Å²) in [5.41, 5.74) is -0.484. The van der Waals surface area contributed by atoms with Crippen LogP contribution in [0, 0.1) is 6.57 Å². The van der Waals surface area contributed by atoms with Gasteiger partial charge in [-0.15, -0.1) is 0 Å². The maximum absolute atomic E-state index is 13.0. The summed E-state index contributed by atoms with van der Waals surface area (Å²) < 4.78 is 31.5. The average Bonchev–Trinajstić information content (AvgIpc) is 3.22. The molecule has 1 saturated carbocycles. The summed E-state index contributed by atoms with van der Waals surface area (Å²) in [4.78, 5) is 18.0. The van der Waals surface area contributed by atoms with E-state index < -0.39 is 29.7 Å². The Morgan fingerprint density at radius 2 is 2.08 bits per heavy atom. The number of alkyl halides is 2. The Balaban J connectivity index is 1.91. The maximum Gasteiger partial charge on any atom is 0.411 e. The van der Waals surface area contributed by atoms with Crippen molar-refractivity contribution >= 4 is 6.09 Å². The van der Waals surface area contributed by atoms with E-state index in [9.17, 15) is 13.6 Å². The van der Waals surface area contributed by atoms with Crippen LogP contribution in [0.5, 0.6) is 0 Å². The summed E-state index contributed by atoms with van der Waals surface area (Å²) in [5.74, 6) is -0.272. The van der Waals surface area contributed by atoms with E-state index in [1.165, 1.54) is 12.1 Å². The van der Waals surface area contributed by atoms with E-state index in [0.29, 0.717) is 12.1 Å². The number of benzene rings is 1. The highest BCUT2D eigenvalue weighted by atomic mass is 19.3. The van der Waals surface area contributed by atoms with Gasteiger partial charge in [0.2, 0.25) is 0 Å². The van der Waals surface area contributed by atoms with Crippen LogP contribution in [-0.2, 0) is 4.74 Å². The van der Waals surface area contributed by atoms with Crippen molar-refractivity contribution in [3.05, 3.63) is 46.8 Å². The Hall–Kier alpha value is -2.16. The van der Waals surface area contributed by atoms with Crippen molar-refractivity contribution in [1.82, 2.24) is 4.90 Å². The lowest BCUT2D eigenvalue weighted by Crippen LogP contribution is -2.43. The molecule has 1 aliphatic heterocycles. The topological polar surface area (TPSA) is 33.9 Å². The van der Waals surface area contributed by atoms with Crippen LogP contribution in [0.2, 0.25) is 0 Å². The number of nitrogens with zero attached hydrogens (tertiary/aromatic N) is 2. The van der Waals surface area contributed by atoms with Crippen molar-refractivity contribution in [3.8, 4) is 0 Å². The number of hydrogen-bond donors (Lipinski definition) is 0. The molecule has 0 aromatic heterocycles. The van der Waals surface area contributed by atoms with Crippen LogP contribution in [-0.4, -0.2) is 34.7 Å². The maximum atomic E-state index is 13.0. The second kappa shape index (κ2) is 5.98. The van der Waals surface area contributed by atoms with Gasteiger partial charge in [-0.05, 0) is 45.2 Å². The minimum Gasteiger partial charge on any atom is -0.444 e. The number of amides is 1. The van der Waals surface area contributed by atoms with Gasteiger partial charge in [0.05, 0.1) is 5.92 Å². The highest BCUT2D eigenvalue weighted by Crippen LogP contribution is 2.56. The molecule has 2 fully saturated rings. The van der Waals surface area contributed by atoms with E-state index >= 15 is 0 Å². The van der Waals surface area contributed by atoms with Crippen LogP contribution in [0.15, 0.2) is 24.3 Å². The summed E-state index contributed by atoms with van der Waals surface area (Å²) in [6.45, 7) is 13.4. The van der Waals surface area contributed by atoms with E-state index in [2.05, 4.69) is 4.85 Å². The van der Waals surface area contributed by atoms with Crippen LogP contribution in [0.3, 0.4) is 0 Å². The van der Waals surface area contributed by atoms with Gasteiger partial charge in [-0.3, -0.25) is 4.90 Å². The molecular weight excluding hydrogens is 326 g/mol. The lowest BCUT2D eigenvalue weighted by molar-refractivity contribution is 0.0199. The fraction of sp³-hybridized carbons (Fsp3) is 0.579. The molecule has 25 heavy (non-hydrogen) atoms. The molecule has 1 aliphatic carbocycles. The largest absolute Gasteiger partial charge is 0.444 e. The molecule has 3 rings (SSSR count). The molecule has 2 aliphatic rings. The summed E-state index contributed by atoms with van der Waals surface area (Å²) in [6, 6.07) is 5.78. The first kappa shape index (κ1) is 17.7. The first-order valence-corrected chi connectivity index (χ1v) is 8.43. The van der Waals surface area contributed by atoms with Gasteiger partial charge in [0.15, 0.2) is 0 Å². The van der Waals surface area contributed by atoms with E-state index in [0.717, 1.165) is 12.8 Å². The first-order chi connectivity index (χ1) is 11.7. The van der Waals surface area contributed by atoms with Gasteiger partial charge >= 0.3 is 6.09 Å². The van der Waals surface area contributed by atoms with Crippen molar-refractivity contribution in [2.45, 2.75) is 63.1 Å². The predicted octanol–water partition coefficient (Wildman–Crippen LogP) is 4.78. The van der Waals surface area contributed by atoms with Crippen molar-refractivity contribution in [2.75, 3.05) is 6.54 Å². The normalized spacial score (nSPS) is 24.4. The number of carbonyl (C=O) groups excluding carboxylic acids is 1. The Kier molecular flexibility index (Phi) is 4.22. The molecule has 0 radical (unpaired) electrons. The fourth-order valence-corrected chi connectivity index (χ4v) is 3.70. The molecule has 1 aromatic carbocycles. The zero-order valence-electron chi connectivity index (χ0n) is 14.6. The average molecular weight is 348 g/mol. The Bertz CT molecular complexity index is 717. The number of carbonyl (C=O) groups is 1. The van der Waals surface area contributed by atoms with Crippen LogP contribution < -0.4 is 0 Å². The summed E-state index contributed by atoms with van der Waals surface area (Å²) in [5, 5.41) is 0. The third kappa shape index (κ3) is 3.20. The molecule has 6 heteroatoms. The van der Waals surface area contributed by atoms with Gasteiger partial charge in [-0.2, -0.15) is 0 Å². The smallest absolute Gasteiger partial charge is 0.411 e. The molecule has 1 aromatic rings. The van der Waals surface area contributed by atoms with Crippen molar-refractivity contribution in [3.63, 3.8) is 0 Å². The highest BCUT2D eigenvalue weighted by molar-refractivity contribution is 5.71. The zero-order chi connectivity index (χ0) is 18.4. The molecule has 0 unspecified atom stereocenters. The quantitative estimate of drug-likeness (QED) is 0.721. The van der Waals surface area contributed by atoms with Crippen LogP contribution >= 0.6 is 0 Å². The Morgan fingerprint density at radius 1 is 1.40 bits per heavy atom. The van der Waals surface area contributed by atoms with Gasteiger partial charge in [-0.1, -0.05) is 18.2 Å². The second-order valence-corrected chi connectivity index (χ2v) is 7.85. The molecule has 1 amide bonds. The third-order valence-electron chi connectivity index (χ3n) is 4.95. The summed E-state index contributed by atoms with van der Waals surface area (Å²) >= 11 is 0. The molecule has 1 heterocycles. The van der Waals surface area contributed by atoms with Gasteiger partial charge < -0.3 is 9.58 Å². The molecule has 134 valence electrons. The summed E-state index contributed by atoms with van der Waals surface area (Å²) in [6.07, 6.45) is -1.47. The summed E-state index contributed by atoms with van der Waals surface area (Å²) in [7, 11) is 0. The first-order valence-electron chi connectivity index (χ1n) is 8.43. The predicted molar refractivity (Wildman–Crippen MR) is 89.4 cm³/mol. The van der Waals surface area contributed by atoms with Gasteiger partial charge in [0, 0.05) is 12.1 Å². The Labute approximate surface area is 146 Å². The molecule has 0 bridgehead atoms. The van der Waals surface area contributed by atoms with E-state index in [1.807, 2.05) is 0 Å². The molecule has 1 saturated heterocycles. The number of hydrogen-bond acceptors (Lipinski definition) is 2. The van der Waals surface area contributed by atoms with Crippen molar-refractivity contribution < 1.29 is 18.3 Å². The Morgan fingerprint density at radius 3 is 2.60 bits per heavy atom. The number of likely N-dealkylation sites (tertiary alicyclic amines) is 1. The standard InChI is InChI=1S/C19H22F2N2O2/c1-18(2,3)25-17(24)23-11-14(15(22-4)19(23)8-9-19)12-6-5-7-13(10-12)16(20)21/h5-7,10,14-16H,8-9,11H2,1-3H3/t14-,15-/m0/s1. The minimum absolute atomic E-state index is 0.0539. The molecule has 1 spiro atoms. The number of halogens is 2.